The van der Waals surface area contributed by atoms with Gasteiger partial charge in [-0.3, -0.25) is 0 Å². The molecule has 5 rings (SSSR count). The fourth-order valence-electron chi connectivity index (χ4n) is 4.49. The average Bonchev–Trinajstić information content (AvgIpc) is 3.39. The minimum absolute atomic E-state index is 0.112. The first-order valence-electron chi connectivity index (χ1n) is 10.7. The Bertz CT molecular complexity index is 1200. The van der Waals surface area contributed by atoms with Crippen LogP contribution >= 0.6 is 0 Å². The van der Waals surface area contributed by atoms with E-state index in [-0.39, 0.29) is 17.9 Å². The largest absolute Gasteiger partial charge is 0.334 e. The fraction of sp³-hybridized carbons (Fsp3) is 0.391. The fourth-order valence-corrected chi connectivity index (χ4v) is 4.49. The lowest BCUT2D eigenvalue weighted by Crippen LogP contribution is -2.46. The molecule has 3 heterocycles. The summed E-state index contributed by atoms with van der Waals surface area (Å²) < 4.78 is 33.0. The molecule has 8 heteroatoms. The van der Waals surface area contributed by atoms with Gasteiger partial charge >= 0.3 is 0 Å². The third kappa shape index (κ3) is 4.05. The number of hydrogen-bond donors (Lipinski definition) is 2. The van der Waals surface area contributed by atoms with Crippen LogP contribution in [0.2, 0.25) is 0 Å². The summed E-state index contributed by atoms with van der Waals surface area (Å²) in [4.78, 5) is 4.28. The number of rotatable bonds is 6. The third-order valence-corrected chi connectivity index (χ3v) is 6.29. The molecule has 1 saturated carbocycles. The number of hydrogen-bond acceptors (Lipinski definition) is 4. The molecule has 1 aliphatic carbocycles. The van der Waals surface area contributed by atoms with E-state index >= 15 is 0 Å². The summed E-state index contributed by atoms with van der Waals surface area (Å²) in [6.45, 7) is 0.937. The van der Waals surface area contributed by atoms with Crippen LogP contribution in [-0.4, -0.2) is 37.4 Å². The van der Waals surface area contributed by atoms with Gasteiger partial charge in [0.25, 0.3) is 0 Å². The molecule has 31 heavy (non-hydrogen) atoms. The molecular formula is C23H26F2N6. The smallest absolute Gasteiger partial charge is 0.129 e. The van der Waals surface area contributed by atoms with E-state index in [9.17, 15) is 8.78 Å². The first-order valence-corrected chi connectivity index (χ1v) is 10.7. The summed E-state index contributed by atoms with van der Waals surface area (Å²) in [6.07, 6.45) is 4.48. The van der Waals surface area contributed by atoms with Crippen LogP contribution in [0.15, 0.2) is 48.9 Å². The first kappa shape index (κ1) is 20.1. The maximum absolute atomic E-state index is 14.9. The average molecular weight is 424 g/mol. The molecule has 3 aromatic heterocycles. The number of nitrogens with one attached hydrogen (secondary N) is 2. The van der Waals surface area contributed by atoms with Gasteiger partial charge in [0.1, 0.15) is 12.0 Å². The Morgan fingerprint density at radius 3 is 2.90 bits per heavy atom. The summed E-state index contributed by atoms with van der Waals surface area (Å²) in [7, 11) is 1.84. The van der Waals surface area contributed by atoms with Gasteiger partial charge in [0.05, 0.1) is 28.6 Å². The second kappa shape index (κ2) is 8.36. The molecule has 1 aliphatic rings. The number of aryl methyl sites for hydroxylation is 1. The van der Waals surface area contributed by atoms with Crippen molar-refractivity contribution in [3.63, 3.8) is 0 Å². The quantitative estimate of drug-likeness (QED) is 0.498. The Morgan fingerprint density at radius 1 is 1.13 bits per heavy atom. The van der Waals surface area contributed by atoms with E-state index < -0.39 is 6.17 Å². The molecule has 1 aromatic carbocycles. The molecule has 0 aliphatic heterocycles. The lowest BCUT2D eigenvalue weighted by atomic mass is 9.89. The molecule has 6 nitrogen and oxygen atoms in total. The zero-order valence-corrected chi connectivity index (χ0v) is 17.4. The SMILES string of the molecule is Cn1cnc2cc(CN[C@H]3CC[C@H](NCc4cccc5ccnn45)C[C@H]3F)c(F)cc21. The van der Waals surface area contributed by atoms with Gasteiger partial charge in [-0.05, 0) is 43.5 Å². The van der Waals surface area contributed by atoms with Crippen molar-refractivity contribution in [1.29, 1.82) is 0 Å². The van der Waals surface area contributed by atoms with E-state index in [0.29, 0.717) is 31.5 Å². The van der Waals surface area contributed by atoms with Gasteiger partial charge in [0.15, 0.2) is 0 Å². The molecule has 0 amide bonds. The molecular weight excluding hydrogens is 398 g/mol. The van der Waals surface area contributed by atoms with Crippen LogP contribution in [0.25, 0.3) is 16.6 Å². The maximum Gasteiger partial charge on any atom is 0.129 e. The monoisotopic (exact) mass is 424 g/mol. The van der Waals surface area contributed by atoms with Crippen LogP contribution < -0.4 is 10.6 Å². The molecule has 0 saturated heterocycles. The summed E-state index contributed by atoms with van der Waals surface area (Å²) >= 11 is 0. The van der Waals surface area contributed by atoms with E-state index in [0.717, 1.165) is 28.7 Å². The number of pyridine rings is 1. The zero-order valence-electron chi connectivity index (χ0n) is 17.4. The van der Waals surface area contributed by atoms with Crippen molar-refractivity contribution in [2.24, 2.45) is 7.05 Å². The Morgan fingerprint density at radius 2 is 2.03 bits per heavy atom. The number of nitrogens with zero attached hydrogens (tertiary/aromatic N) is 4. The van der Waals surface area contributed by atoms with Crippen LogP contribution in [-0.2, 0) is 20.1 Å². The van der Waals surface area contributed by atoms with Gasteiger partial charge in [0, 0.05) is 50.0 Å². The maximum atomic E-state index is 14.9. The molecule has 162 valence electrons. The molecule has 3 atom stereocenters. The van der Waals surface area contributed by atoms with Crippen molar-refractivity contribution in [3.8, 4) is 0 Å². The van der Waals surface area contributed by atoms with Crippen molar-refractivity contribution >= 4 is 16.6 Å². The summed E-state index contributed by atoms with van der Waals surface area (Å²) in [5.41, 5.74) is 4.12. The molecule has 0 spiro atoms. The number of fused-ring (bicyclic) bond motifs is 2. The Labute approximate surface area is 179 Å². The predicted octanol–water partition coefficient (Wildman–Crippen LogP) is 3.50. The Hall–Kier alpha value is -2.84. The zero-order chi connectivity index (χ0) is 21.4. The van der Waals surface area contributed by atoms with E-state index in [2.05, 4.69) is 20.7 Å². The molecule has 0 unspecified atom stereocenters. The molecule has 0 bridgehead atoms. The Balaban J connectivity index is 1.16. The van der Waals surface area contributed by atoms with E-state index in [1.807, 2.05) is 35.8 Å². The molecule has 0 radical (unpaired) electrons. The number of benzene rings is 1. The lowest BCUT2D eigenvalue weighted by molar-refractivity contribution is 0.160. The standard InChI is InChI=1S/C23H26F2N6/c1-30-14-28-22-9-15(19(24)11-23(22)30)12-27-21-6-5-16(10-20(21)25)26-13-18-4-2-3-17-7-8-29-31(17)18/h2-4,7-9,11,14,16,20-21,26-27H,5-6,10,12-13H2,1H3/t16-,20+,21-/m0/s1. The minimum atomic E-state index is -0.978. The predicted molar refractivity (Wildman–Crippen MR) is 116 cm³/mol. The van der Waals surface area contributed by atoms with E-state index in [1.165, 1.54) is 6.07 Å². The highest BCUT2D eigenvalue weighted by atomic mass is 19.1. The summed E-state index contributed by atoms with van der Waals surface area (Å²) in [6, 6.07) is 11.1. The van der Waals surface area contributed by atoms with Crippen molar-refractivity contribution in [3.05, 3.63) is 66.0 Å². The molecule has 4 aromatic rings. The molecule has 1 fully saturated rings. The van der Waals surface area contributed by atoms with Gasteiger partial charge in [-0.15, -0.1) is 0 Å². The van der Waals surface area contributed by atoms with Crippen LogP contribution in [0.5, 0.6) is 0 Å². The highest BCUT2D eigenvalue weighted by Gasteiger charge is 2.30. The highest BCUT2D eigenvalue weighted by molar-refractivity contribution is 5.76. The third-order valence-electron chi connectivity index (χ3n) is 6.29. The number of alkyl halides is 1. The van der Waals surface area contributed by atoms with Crippen molar-refractivity contribution in [1.82, 2.24) is 29.8 Å². The lowest BCUT2D eigenvalue weighted by Gasteiger charge is -2.33. The Kier molecular flexibility index (Phi) is 5.41. The summed E-state index contributed by atoms with van der Waals surface area (Å²) in [5, 5.41) is 11.0. The van der Waals surface area contributed by atoms with Crippen molar-refractivity contribution in [2.75, 3.05) is 0 Å². The number of halogens is 2. The highest BCUT2D eigenvalue weighted by Crippen LogP contribution is 2.24. The van der Waals surface area contributed by atoms with E-state index in [1.54, 1.807) is 23.2 Å². The number of aromatic nitrogens is 4. The topological polar surface area (TPSA) is 59.2 Å². The van der Waals surface area contributed by atoms with E-state index in [4.69, 9.17) is 0 Å². The minimum Gasteiger partial charge on any atom is -0.334 e. The second-order valence-corrected chi connectivity index (χ2v) is 8.37. The normalized spacial score (nSPS) is 21.8. The van der Waals surface area contributed by atoms with Gasteiger partial charge in [0.2, 0.25) is 0 Å². The van der Waals surface area contributed by atoms with Crippen LogP contribution in [0.1, 0.15) is 30.5 Å². The van der Waals surface area contributed by atoms with Gasteiger partial charge < -0.3 is 15.2 Å². The van der Waals surface area contributed by atoms with Gasteiger partial charge in [-0.2, -0.15) is 5.10 Å². The van der Waals surface area contributed by atoms with Crippen molar-refractivity contribution < 1.29 is 8.78 Å². The second-order valence-electron chi connectivity index (χ2n) is 8.37. The number of imidazole rings is 1. The van der Waals surface area contributed by atoms with Crippen LogP contribution in [0.3, 0.4) is 0 Å². The molecule has 2 N–H and O–H groups in total. The van der Waals surface area contributed by atoms with Crippen LogP contribution in [0.4, 0.5) is 8.78 Å². The van der Waals surface area contributed by atoms with Crippen molar-refractivity contribution in [2.45, 2.75) is 50.6 Å². The summed E-state index contributed by atoms with van der Waals surface area (Å²) in [5.74, 6) is -0.290. The van der Waals surface area contributed by atoms with Gasteiger partial charge in [-0.25, -0.2) is 18.3 Å². The van der Waals surface area contributed by atoms with Crippen LogP contribution in [0, 0.1) is 5.82 Å². The first-order chi connectivity index (χ1) is 15.1. The van der Waals surface area contributed by atoms with Gasteiger partial charge in [-0.1, -0.05) is 6.07 Å².